The molecule has 2 aliphatic rings. The van der Waals surface area contributed by atoms with Gasteiger partial charge in [-0.2, -0.15) is 0 Å². The van der Waals surface area contributed by atoms with Gasteiger partial charge in [-0.25, -0.2) is 4.79 Å². The van der Waals surface area contributed by atoms with E-state index in [1.54, 1.807) is 4.90 Å². The molecule has 94 valence electrons. The number of rotatable bonds is 2. The first kappa shape index (κ1) is 12.0. The van der Waals surface area contributed by atoms with Gasteiger partial charge in [0.05, 0.1) is 5.92 Å². The van der Waals surface area contributed by atoms with Gasteiger partial charge in [-0.05, 0) is 25.7 Å². The summed E-state index contributed by atoms with van der Waals surface area (Å²) in [5, 5.41) is 11.8. The summed E-state index contributed by atoms with van der Waals surface area (Å²) in [6, 6.07) is 0.0884. The molecule has 2 unspecified atom stereocenters. The van der Waals surface area contributed by atoms with Crippen LogP contribution in [0.15, 0.2) is 12.2 Å². The van der Waals surface area contributed by atoms with E-state index >= 15 is 0 Å². The number of carboxylic acids is 1. The number of carbonyl (C=O) groups excluding carboxylic acids is 1. The molecule has 1 fully saturated rings. The molecule has 0 aromatic heterocycles. The molecule has 0 aromatic carbocycles. The lowest BCUT2D eigenvalue weighted by atomic mass is 10.0. The Hall–Kier alpha value is -1.52. The molecule has 0 saturated carbocycles. The van der Waals surface area contributed by atoms with E-state index in [9.17, 15) is 9.59 Å². The summed E-state index contributed by atoms with van der Waals surface area (Å²) < 4.78 is 0. The van der Waals surface area contributed by atoms with E-state index in [2.05, 4.69) is 17.5 Å². The van der Waals surface area contributed by atoms with Crippen LogP contribution in [0.4, 0.5) is 4.79 Å². The number of allylic oxidation sites excluding steroid dienone is 1. The number of likely N-dealkylation sites (tertiary alicyclic amines) is 1. The molecule has 1 aliphatic carbocycles. The Morgan fingerprint density at radius 2 is 2.12 bits per heavy atom. The van der Waals surface area contributed by atoms with Crippen molar-refractivity contribution in [3.8, 4) is 0 Å². The molecular weight excluding hydrogens is 220 g/mol. The van der Waals surface area contributed by atoms with Gasteiger partial charge in [-0.1, -0.05) is 12.2 Å². The zero-order valence-corrected chi connectivity index (χ0v) is 9.76. The van der Waals surface area contributed by atoms with Crippen molar-refractivity contribution in [1.29, 1.82) is 0 Å². The van der Waals surface area contributed by atoms with Crippen LogP contribution in [0, 0.1) is 5.92 Å². The number of nitrogens with one attached hydrogen (secondary N) is 1. The van der Waals surface area contributed by atoms with Gasteiger partial charge in [0.25, 0.3) is 0 Å². The molecule has 0 aromatic rings. The normalized spacial score (nSPS) is 28.1. The second-order valence-electron chi connectivity index (χ2n) is 4.70. The fourth-order valence-electron chi connectivity index (χ4n) is 2.34. The second-order valence-corrected chi connectivity index (χ2v) is 4.70. The average Bonchev–Trinajstić information content (AvgIpc) is 2.79. The number of hydrogen-bond acceptors (Lipinski definition) is 2. The highest BCUT2D eigenvalue weighted by Crippen LogP contribution is 2.17. The summed E-state index contributed by atoms with van der Waals surface area (Å²) in [7, 11) is 0. The summed E-state index contributed by atoms with van der Waals surface area (Å²) in [4.78, 5) is 24.3. The molecule has 2 N–H and O–H groups in total. The highest BCUT2D eigenvalue weighted by atomic mass is 16.4. The number of hydrogen-bond donors (Lipinski definition) is 2. The molecule has 1 aliphatic heterocycles. The van der Waals surface area contributed by atoms with Crippen molar-refractivity contribution in [3.63, 3.8) is 0 Å². The summed E-state index contributed by atoms with van der Waals surface area (Å²) in [6.45, 7) is 0.884. The number of amides is 2. The largest absolute Gasteiger partial charge is 0.481 e. The summed E-state index contributed by atoms with van der Waals surface area (Å²) in [5.74, 6) is -1.20. The standard InChI is InChI=1S/C12H18N2O3/c15-11(16)9-6-7-14(8-9)12(17)13-10-4-2-1-3-5-10/h1-2,9-10H,3-8H2,(H,13,17)(H,15,16). The Labute approximate surface area is 100 Å². The first-order valence-electron chi connectivity index (χ1n) is 6.10. The maximum Gasteiger partial charge on any atom is 0.317 e. The van der Waals surface area contributed by atoms with E-state index in [0.29, 0.717) is 19.5 Å². The first-order valence-corrected chi connectivity index (χ1v) is 6.10. The van der Waals surface area contributed by atoms with Crippen molar-refractivity contribution in [2.75, 3.05) is 13.1 Å². The van der Waals surface area contributed by atoms with E-state index in [4.69, 9.17) is 5.11 Å². The minimum absolute atomic E-state index is 0.117. The number of urea groups is 1. The Morgan fingerprint density at radius 1 is 1.29 bits per heavy atom. The number of nitrogens with zero attached hydrogens (tertiary/aromatic N) is 1. The van der Waals surface area contributed by atoms with E-state index in [-0.39, 0.29) is 12.1 Å². The molecular formula is C12H18N2O3. The third kappa shape index (κ3) is 2.99. The van der Waals surface area contributed by atoms with Crippen LogP contribution in [0.3, 0.4) is 0 Å². The van der Waals surface area contributed by atoms with Crippen LogP contribution in [0.25, 0.3) is 0 Å². The lowest BCUT2D eigenvalue weighted by molar-refractivity contribution is -0.141. The van der Waals surface area contributed by atoms with Gasteiger partial charge in [0.15, 0.2) is 0 Å². The highest BCUT2D eigenvalue weighted by molar-refractivity contribution is 5.77. The fraction of sp³-hybridized carbons (Fsp3) is 0.667. The summed E-state index contributed by atoms with van der Waals surface area (Å²) in [6.07, 6.45) is 7.62. The summed E-state index contributed by atoms with van der Waals surface area (Å²) in [5.41, 5.74) is 0. The Kier molecular flexibility index (Phi) is 3.66. The molecule has 5 nitrogen and oxygen atoms in total. The quantitative estimate of drug-likeness (QED) is 0.710. The smallest absolute Gasteiger partial charge is 0.317 e. The molecule has 0 radical (unpaired) electrons. The van der Waals surface area contributed by atoms with Crippen LogP contribution in [-0.4, -0.2) is 41.1 Å². The van der Waals surface area contributed by atoms with Crippen molar-refractivity contribution < 1.29 is 14.7 Å². The predicted octanol–water partition coefficient (Wildman–Crippen LogP) is 1.21. The molecule has 0 spiro atoms. The minimum Gasteiger partial charge on any atom is -0.481 e. The van der Waals surface area contributed by atoms with Crippen LogP contribution >= 0.6 is 0 Å². The lowest BCUT2D eigenvalue weighted by Gasteiger charge is -2.23. The minimum atomic E-state index is -0.805. The maximum atomic E-state index is 11.9. The van der Waals surface area contributed by atoms with Crippen molar-refractivity contribution >= 4 is 12.0 Å². The van der Waals surface area contributed by atoms with Crippen molar-refractivity contribution in [3.05, 3.63) is 12.2 Å². The molecule has 1 saturated heterocycles. The second kappa shape index (κ2) is 5.21. The average molecular weight is 238 g/mol. The third-order valence-corrected chi connectivity index (χ3v) is 3.42. The fourth-order valence-corrected chi connectivity index (χ4v) is 2.34. The van der Waals surface area contributed by atoms with Gasteiger partial charge in [0, 0.05) is 19.1 Å². The Bertz CT molecular complexity index is 341. The summed E-state index contributed by atoms with van der Waals surface area (Å²) >= 11 is 0. The Balaban J connectivity index is 1.80. The van der Waals surface area contributed by atoms with Crippen LogP contribution < -0.4 is 5.32 Å². The molecule has 2 amide bonds. The van der Waals surface area contributed by atoms with Crippen molar-refractivity contribution in [2.24, 2.45) is 5.92 Å². The lowest BCUT2D eigenvalue weighted by Crippen LogP contribution is -2.44. The van der Waals surface area contributed by atoms with Crippen molar-refractivity contribution in [2.45, 2.75) is 31.7 Å². The molecule has 2 rings (SSSR count). The van der Waals surface area contributed by atoms with Gasteiger partial charge in [-0.15, -0.1) is 0 Å². The molecule has 2 atom stereocenters. The van der Waals surface area contributed by atoms with E-state index < -0.39 is 11.9 Å². The zero-order chi connectivity index (χ0) is 12.3. The van der Waals surface area contributed by atoms with E-state index in [1.165, 1.54) is 0 Å². The Morgan fingerprint density at radius 3 is 2.71 bits per heavy atom. The number of aliphatic carboxylic acids is 1. The van der Waals surface area contributed by atoms with Gasteiger partial charge >= 0.3 is 12.0 Å². The van der Waals surface area contributed by atoms with E-state index in [0.717, 1.165) is 19.3 Å². The number of carboxylic acid groups (broad SMARTS) is 1. The van der Waals surface area contributed by atoms with Gasteiger partial charge in [-0.3, -0.25) is 4.79 Å². The monoisotopic (exact) mass is 238 g/mol. The van der Waals surface area contributed by atoms with Gasteiger partial charge in [0.1, 0.15) is 0 Å². The van der Waals surface area contributed by atoms with Crippen LogP contribution in [0.1, 0.15) is 25.7 Å². The van der Waals surface area contributed by atoms with E-state index in [1.807, 2.05) is 0 Å². The molecule has 1 heterocycles. The predicted molar refractivity (Wildman–Crippen MR) is 62.6 cm³/mol. The van der Waals surface area contributed by atoms with Gasteiger partial charge < -0.3 is 15.3 Å². The maximum absolute atomic E-state index is 11.9. The topological polar surface area (TPSA) is 69.6 Å². The van der Waals surface area contributed by atoms with Gasteiger partial charge in [0.2, 0.25) is 0 Å². The SMILES string of the molecule is O=C(O)C1CCN(C(=O)NC2CC=CCC2)C1. The highest BCUT2D eigenvalue weighted by Gasteiger charge is 2.31. The molecule has 17 heavy (non-hydrogen) atoms. The van der Waals surface area contributed by atoms with Crippen LogP contribution in [0.5, 0.6) is 0 Å². The molecule has 0 bridgehead atoms. The van der Waals surface area contributed by atoms with Crippen LogP contribution in [-0.2, 0) is 4.79 Å². The van der Waals surface area contributed by atoms with Crippen molar-refractivity contribution in [1.82, 2.24) is 10.2 Å². The molecule has 5 heteroatoms. The zero-order valence-electron chi connectivity index (χ0n) is 9.76. The third-order valence-electron chi connectivity index (χ3n) is 3.42. The number of carbonyl (C=O) groups is 2. The van der Waals surface area contributed by atoms with Crippen LogP contribution in [0.2, 0.25) is 0 Å². The first-order chi connectivity index (χ1) is 8.16.